The molecule has 1 aliphatic heterocycles. The number of aromatic amines is 1. The maximum Gasteiger partial charge on any atom is 0.295 e. The Kier molecular flexibility index (Phi) is 4.89. The fourth-order valence-corrected chi connectivity index (χ4v) is 5.08. The molecule has 0 radical (unpaired) electrons. The maximum atomic E-state index is 13.2. The van der Waals surface area contributed by atoms with Crippen LogP contribution in [0.15, 0.2) is 60.3 Å². The number of H-pyrrole nitrogens is 1. The van der Waals surface area contributed by atoms with Crippen molar-refractivity contribution in [2.24, 2.45) is 0 Å². The lowest BCUT2D eigenvalue weighted by molar-refractivity contribution is -0.141. The number of hydrogen-bond donors (Lipinski definition) is 2. The molecule has 2 N–H and O–H groups in total. The molecule has 1 atom stereocenters. The predicted molar refractivity (Wildman–Crippen MR) is 121 cm³/mol. The molecular formula is C26H26N2O3. The van der Waals surface area contributed by atoms with Gasteiger partial charge in [0.05, 0.1) is 11.6 Å². The van der Waals surface area contributed by atoms with Gasteiger partial charge in [-0.1, -0.05) is 62.2 Å². The first kappa shape index (κ1) is 19.6. The van der Waals surface area contributed by atoms with Crippen LogP contribution in [0.1, 0.15) is 55.3 Å². The molecule has 2 fully saturated rings. The number of aryl methyl sites for hydroxylation is 1. The lowest BCUT2D eigenvalue weighted by Gasteiger charge is -2.30. The molecule has 1 amide bonds. The first-order valence-corrected chi connectivity index (χ1v) is 11.1. The van der Waals surface area contributed by atoms with Crippen molar-refractivity contribution in [1.29, 1.82) is 0 Å². The van der Waals surface area contributed by atoms with Gasteiger partial charge in [0.25, 0.3) is 11.7 Å². The number of amides is 1. The summed E-state index contributed by atoms with van der Waals surface area (Å²) in [6.45, 7) is 2.09. The van der Waals surface area contributed by atoms with Gasteiger partial charge in [0.15, 0.2) is 0 Å². The van der Waals surface area contributed by atoms with E-state index in [1.165, 1.54) is 5.56 Å². The van der Waals surface area contributed by atoms with Crippen LogP contribution in [-0.4, -0.2) is 32.7 Å². The van der Waals surface area contributed by atoms with Gasteiger partial charge in [0, 0.05) is 28.7 Å². The second-order valence-electron chi connectivity index (χ2n) is 8.49. The number of benzene rings is 2. The van der Waals surface area contributed by atoms with Crippen LogP contribution in [0.2, 0.25) is 0 Å². The van der Waals surface area contributed by atoms with Gasteiger partial charge in [-0.15, -0.1) is 0 Å². The van der Waals surface area contributed by atoms with Crippen molar-refractivity contribution in [2.75, 3.05) is 0 Å². The summed E-state index contributed by atoms with van der Waals surface area (Å²) >= 11 is 0. The van der Waals surface area contributed by atoms with Crippen molar-refractivity contribution in [2.45, 2.75) is 51.1 Å². The molecule has 2 heterocycles. The monoisotopic (exact) mass is 414 g/mol. The molecule has 1 aliphatic carbocycles. The van der Waals surface area contributed by atoms with Crippen molar-refractivity contribution in [1.82, 2.24) is 9.88 Å². The van der Waals surface area contributed by atoms with E-state index in [-0.39, 0.29) is 17.4 Å². The third-order valence-corrected chi connectivity index (χ3v) is 6.75. The Bertz CT molecular complexity index is 1180. The highest BCUT2D eigenvalue weighted by atomic mass is 16.3. The first-order valence-electron chi connectivity index (χ1n) is 11.1. The van der Waals surface area contributed by atoms with E-state index in [9.17, 15) is 14.7 Å². The highest BCUT2D eigenvalue weighted by Gasteiger charge is 2.49. The zero-order valence-corrected chi connectivity index (χ0v) is 17.6. The fraction of sp³-hybridized carbons (Fsp3) is 0.308. The highest BCUT2D eigenvalue weighted by Crippen LogP contribution is 2.44. The minimum Gasteiger partial charge on any atom is -0.507 e. The quantitative estimate of drug-likeness (QED) is 0.355. The topological polar surface area (TPSA) is 73.4 Å². The van der Waals surface area contributed by atoms with E-state index in [1.54, 1.807) is 11.1 Å². The second-order valence-corrected chi connectivity index (χ2v) is 8.49. The molecule has 5 rings (SSSR count). The Balaban J connectivity index is 1.70. The van der Waals surface area contributed by atoms with Crippen molar-refractivity contribution < 1.29 is 14.7 Å². The summed E-state index contributed by atoms with van der Waals surface area (Å²) in [5.74, 6) is -1.21. The molecular weight excluding hydrogens is 388 g/mol. The summed E-state index contributed by atoms with van der Waals surface area (Å²) in [6, 6.07) is 15.1. The molecule has 1 saturated carbocycles. The number of hydrogen-bond acceptors (Lipinski definition) is 3. The average Bonchev–Trinajstić information content (AvgIpc) is 3.53. The van der Waals surface area contributed by atoms with Gasteiger partial charge < -0.3 is 15.0 Å². The van der Waals surface area contributed by atoms with Gasteiger partial charge in [0.2, 0.25) is 0 Å². The number of aliphatic hydroxyl groups excluding tert-OH is 1. The van der Waals surface area contributed by atoms with Crippen LogP contribution >= 0.6 is 0 Å². The second kappa shape index (κ2) is 7.73. The summed E-state index contributed by atoms with van der Waals surface area (Å²) < 4.78 is 0. The van der Waals surface area contributed by atoms with Crippen LogP contribution in [-0.2, 0) is 16.0 Å². The molecule has 1 aromatic heterocycles. The first-order chi connectivity index (χ1) is 15.1. The molecule has 1 saturated heterocycles. The molecule has 3 aromatic rings. The molecule has 0 bridgehead atoms. The summed E-state index contributed by atoms with van der Waals surface area (Å²) in [6.07, 6.45) is 6.52. The molecule has 2 aromatic carbocycles. The standard InChI is InChI=1S/C26H26N2O3/c1-2-16-11-13-17(14-12-16)23-22(25(30)26(31)28(23)18-7-3-4-8-18)24(29)20-15-27-21-10-6-5-9-19(20)21/h5-6,9-15,18,23,27,29H,2-4,7-8H2,1H3/b24-22-. The number of likely N-dealkylation sites (tertiary alicyclic amines) is 1. The number of carbonyl (C=O) groups excluding carboxylic acids is 2. The van der Waals surface area contributed by atoms with Crippen LogP contribution in [0.3, 0.4) is 0 Å². The molecule has 1 unspecified atom stereocenters. The number of para-hydroxylation sites is 1. The van der Waals surface area contributed by atoms with Crippen molar-refractivity contribution >= 4 is 28.4 Å². The van der Waals surface area contributed by atoms with E-state index in [0.717, 1.165) is 48.6 Å². The number of nitrogens with zero attached hydrogens (tertiary/aromatic N) is 1. The molecule has 5 nitrogen and oxygen atoms in total. The van der Waals surface area contributed by atoms with E-state index in [2.05, 4.69) is 11.9 Å². The molecule has 31 heavy (non-hydrogen) atoms. The predicted octanol–water partition coefficient (Wildman–Crippen LogP) is 5.09. The third kappa shape index (κ3) is 3.16. The van der Waals surface area contributed by atoms with Crippen LogP contribution < -0.4 is 0 Å². The van der Waals surface area contributed by atoms with Gasteiger partial charge in [-0.3, -0.25) is 9.59 Å². The Morgan fingerprint density at radius 2 is 1.77 bits per heavy atom. The zero-order valence-electron chi connectivity index (χ0n) is 17.6. The van der Waals surface area contributed by atoms with E-state index in [1.807, 2.05) is 48.5 Å². The lowest BCUT2D eigenvalue weighted by Crippen LogP contribution is -2.37. The van der Waals surface area contributed by atoms with Crippen molar-refractivity contribution in [3.05, 3.63) is 77.0 Å². The number of nitrogens with one attached hydrogen (secondary N) is 1. The molecule has 158 valence electrons. The SMILES string of the molecule is CCc1ccc(C2/C(=C(/O)c3c[nH]c4ccccc34)C(=O)C(=O)N2C2CCCC2)cc1. The number of ketones is 1. The Labute approximate surface area is 181 Å². The Morgan fingerprint density at radius 3 is 2.48 bits per heavy atom. The van der Waals surface area contributed by atoms with Crippen LogP contribution in [0.25, 0.3) is 16.7 Å². The van der Waals surface area contributed by atoms with Crippen LogP contribution in [0.4, 0.5) is 0 Å². The maximum absolute atomic E-state index is 13.2. The summed E-state index contributed by atoms with van der Waals surface area (Å²) in [5.41, 5.74) is 3.67. The zero-order chi connectivity index (χ0) is 21.5. The minimum atomic E-state index is -0.598. The Morgan fingerprint density at radius 1 is 1.06 bits per heavy atom. The summed E-state index contributed by atoms with van der Waals surface area (Å²) in [7, 11) is 0. The van der Waals surface area contributed by atoms with Crippen molar-refractivity contribution in [3.8, 4) is 0 Å². The van der Waals surface area contributed by atoms with Crippen molar-refractivity contribution in [3.63, 3.8) is 0 Å². The number of aromatic nitrogens is 1. The minimum absolute atomic E-state index is 0.0283. The number of rotatable bonds is 4. The highest BCUT2D eigenvalue weighted by molar-refractivity contribution is 6.46. The number of carbonyl (C=O) groups is 2. The Hall–Kier alpha value is -3.34. The number of aliphatic hydroxyl groups is 1. The molecule has 2 aliphatic rings. The largest absolute Gasteiger partial charge is 0.507 e. The van der Waals surface area contributed by atoms with E-state index < -0.39 is 17.7 Å². The van der Waals surface area contributed by atoms with Crippen LogP contribution in [0.5, 0.6) is 0 Å². The van der Waals surface area contributed by atoms with Gasteiger partial charge >= 0.3 is 0 Å². The van der Waals surface area contributed by atoms with Gasteiger partial charge in [-0.25, -0.2) is 0 Å². The lowest BCUT2D eigenvalue weighted by atomic mass is 9.93. The van der Waals surface area contributed by atoms with Gasteiger partial charge in [-0.05, 0) is 36.5 Å². The summed E-state index contributed by atoms with van der Waals surface area (Å²) in [4.78, 5) is 31.3. The third-order valence-electron chi connectivity index (χ3n) is 6.75. The average molecular weight is 415 g/mol. The smallest absolute Gasteiger partial charge is 0.295 e. The number of fused-ring (bicyclic) bond motifs is 1. The van der Waals surface area contributed by atoms with Gasteiger partial charge in [-0.2, -0.15) is 0 Å². The normalized spacial score (nSPS) is 21.5. The van der Waals surface area contributed by atoms with E-state index in [4.69, 9.17) is 0 Å². The molecule has 5 heteroatoms. The van der Waals surface area contributed by atoms with E-state index >= 15 is 0 Å². The fourth-order valence-electron chi connectivity index (χ4n) is 5.08. The van der Waals surface area contributed by atoms with Gasteiger partial charge in [0.1, 0.15) is 5.76 Å². The van der Waals surface area contributed by atoms with E-state index in [0.29, 0.717) is 5.56 Å². The molecule has 0 spiro atoms. The summed E-state index contributed by atoms with van der Waals surface area (Å²) in [5, 5.41) is 12.2. The van der Waals surface area contributed by atoms with Crippen LogP contribution in [0, 0.1) is 0 Å². The number of Topliss-reactive ketones (excluding diaryl/α,β-unsaturated/α-hetero) is 1.